The first-order valence-electron chi connectivity index (χ1n) is 4.63. The average molecular weight is 235 g/mol. The topological polar surface area (TPSA) is 20.2 Å². The predicted octanol–water partition coefficient (Wildman–Crippen LogP) is 3.63. The predicted molar refractivity (Wildman–Crippen MR) is 63.3 cm³/mol. The van der Waals surface area contributed by atoms with Gasteiger partial charge in [0, 0.05) is 5.39 Å². The van der Waals surface area contributed by atoms with Crippen LogP contribution in [0.3, 0.4) is 0 Å². The first kappa shape index (κ1) is 10.8. The van der Waals surface area contributed by atoms with Crippen molar-refractivity contribution in [1.29, 1.82) is 0 Å². The summed E-state index contributed by atoms with van der Waals surface area (Å²) in [6.45, 7) is 1.70. The fourth-order valence-corrected chi connectivity index (χ4v) is 1.92. The van der Waals surface area contributed by atoms with Crippen molar-refractivity contribution in [3.05, 3.63) is 40.2 Å². The minimum absolute atomic E-state index is 0.0266. The maximum Gasteiger partial charge on any atom is 0.139 e. The highest BCUT2D eigenvalue weighted by Gasteiger charge is 2.13. The summed E-state index contributed by atoms with van der Waals surface area (Å²) in [5.41, 5.74) is 0.765. The van der Waals surface area contributed by atoms with Crippen LogP contribution in [-0.4, -0.2) is 5.11 Å². The Kier molecular flexibility index (Phi) is 2.49. The Balaban J connectivity index is 3.05. The molecule has 0 amide bonds. The van der Waals surface area contributed by atoms with Crippen LogP contribution in [-0.2, 0) is 0 Å². The van der Waals surface area contributed by atoms with Gasteiger partial charge in [0.2, 0.25) is 0 Å². The van der Waals surface area contributed by atoms with Gasteiger partial charge < -0.3 is 5.11 Å². The Morgan fingerprint density at radius 3 is 2.75 bits per heavy atom. The SMILES string of the molecule is C#Cc1c(F)ccc2cc(O)c(Cl)c(C)c12. The molecule has 1 nitrogen and oxygen atoms in total. The number of phenolic OH excluding ortho intramolecular Hbond substituents is 1. The third kappa shape index (κ3) is 1.41. The van der Waals surface area contributed by atoms with Crippen molar-refractivity contribution in [2.24, 2.45) is 0 Å². The van der Waals surface area contributed by atoms with Crippen LogP contribution in [0.15, 0.2) is 18.2 Å². The molecule has 0 aromatic heterocycles. The van der Waals surface area contributed by atoms with Gasteiger partial charge in [0.25, 0.3) is 0 Å². The van der Waals surface area contributed by atoms with Crippen LogP contribution in [0.2, 0.25) is 5.02 Å². The van der Waals surface area contributed by atoms with E-state index in [1.54, 1.807) is 13.0 Å². The van der Waals surface area contributed by atoms with Crippen molar-refractivity contribution in [1.82, 2.24) is 0 Å². The van der Waals surface area contributed by atoms with Crippen molar-refractivity contribution < 1.29 is 9.50 Å². The Morgan fingerprint density at radius 1 is 1.44 bits per heavy atom. The number of rotatable bonds is 0. The van der Waals surface area contributed by atoms with E-state index < -0.39 is 5.82 Å². The molecule has 0 unspecified atom stereocenters. The van der Waals surface area contributed by atoms with Crippen LogP contribution in [0.4, 0.5) is 4.39 Å². The molecule has 0 spiro atoms. The van der Waals surface area contributed by atoms with Crippen LogP contribution in [0.25, 0.3) is 10.8 Å². The summed E-state index contributed by atoms with van der Waals surface area (Å²) in [4.78, 5) is 0. The maximum atomic E-state index is 13.5. The highest BCUT2D eigenvalue weighted by Crippen LogP contribution is 2.35. The van der Waals surface area contributed by atoms with E-state index in [9.17, 15) is 9.50 Å². The van der Waals surface area contributed by atoms with Gasteiger partial charge in [-0.2, -0.15) is 0 Å². The largest absolute Gasteiger partial charge is 0.506 e. The zero-order valence-electron chi connectivity index (χ0n) is 8.51. The number of hydrogen-bond acceptors (Lipinski definition) is 1. The van der Waals surface area contributed by atoms with Crippen molar-refractivity contribution in [3.8, 4) is 18.1 Å². The standard InChI is InChI=1S/C13H8ClFO/c1-3-9-10(15)5-4-8-6-11(16)13(14)7(2)12(8)9/h1,4-6,16H,2H3. The first-order chi connectivity index (χ1) is 7.56. The summed E-state index contributed by atoms with van der Waals surface area (Å²) in [6, 6.07) is 4.32. The summed E-state index contributed by atoms with van der Waals surface area (Å²) in [5.74, 6) is 1.83. The number of fused-ring (bicyclic) bond motifs is 1. The molecule has 0 aliphatic carbocycles. The maximum absolute atomic E-state index is 13.5. The number of terminal acetylenes is 1. The van der Waals surface area contributed by atoms with Crippen molar-refractivity contribution >= 4 is 22.4 Å². The van der Waals surface area contributed by atoms with E-state index in [1.807, 2.05) is 0 Å². The second kappa shape index (κ2) is 3.70. The molecular formula is C13H8ClFO. The highest BCUT2D eigenvalue weighted by molar-refractivity contribution is 6.34. The monoisotopic (exact) mass is 234 g/mol. The smallest absolute Gasteiger partial charge is 0.139 e. The zero-order chi connectivity index (χ0) is 11.9. The zero-order valence-corrected chi connectivity index (χ0v) is 9.27. The van der Waals surface area contributed by atoms with Gasteiger partial charge in [0.1, 0.15) is 11.6 Å². The Hall–Kier alpha value is -1.72. The second-order valence-electron chi connectivity index (χ2n) is 3.50. The molecular weight excluding hydrogens is 227 g/mol. The van der Waals surface area contributed by atoms with Gasteiger partial charge in [0.05, 0.1) is 10.6 Å². The lowest BCUT2D eigenvalue weighted by atomic mass is 9.99. The number of hydrogen-bond donors (Lipinski definition) is 1. The molecule has 16 heavy (non-hydrogen) atoms. The molecule has 80 valence electrons. The molecule has 2 aromatic rings. The molecule has 3 heteroatoms. The van der Waals surface area contributed by atoms with Gasteiger partial charge in [-0.15, -0.1) is 6.42 Å². The van der Waals surface area contributed by atoms with Crippen LogP contribution >= 0.6 is 11.6 Å². The molecule has 0 saturated carbocycles. The summed E-state index contributed by atoms with van der Waals surface area (Å²) < 4.78 is 13.5. The van der Waals surface area contributed by atoms with Gasteiger partial charge in [-0.3, -0.25) is 0 Å². The molecule has 0 heterocycles. The fraction of sp³-hybridized carbons (Fsp3) is 0.0769. The number of phenols is 1. The van der Waals surface area contributed by atoms with Crippen LogP contribution in [0.5, 0.6) is 5.75 Å². The lowest BCUT2D eigenvalue weighted by Gasteiger charge is -2.09. The van der Waals surface area contributed by atoms with E-state index in [0.717, 1.165) is 0 Å². The quantitative estimate of drug-likeness (QED) is 0.691. The molecule has 2 rings (SSSR count). The summed E-state index contributed by atoms with van der Waals surface area (Å²) >= 11 is 5.90. The van der Waals surface area contributed by atoms with Gasteiger partial charge >= 0.3 is 0 Å². The lowest BCUT2D eigenvalue weighted by molar-refractivity contribution is 0.476. The Morgan fingerprint density at radius 2 is 2.12 bits per heavy atom. The van der Waals surface area contributed by atoms with E-state index in [0.29, 0.717) is 16.3 Å². The Labute approximate surface area is 97.5 Å². The van der Waals surface area contributed by atoms with E-state index in [1.165, 1.54) is 12.1 Å². The molecule has 2 aromatic carbocycles. The molecule has 0 fully saturated rings. The molecule has 0 radical (unpaired) electrons. The van der Waals surface area contributed by atoms with E-state index in [4.69, 9.17) is 18.0 Å². The minimum atomic E-state index is -0.458. The van der Waals surface area contributed by atoms with Crippen LogP contribution in [0, 0.1) is 25.1 Å². The highest BCUT2D eigenvalue weighted by atomic mass is 35.5. The van der Waals surface area contributed by atoms with Crippen molar-refractivity contribution in [2.75, 3.05) is 0 Å². The summed E-state index contributed by atoms with van der Waals surface area (Å²) in [6.07, 6.45) is 5.28. The van der Waals surface area contributed by atoms with Gasteiger partial charge in [-0.05, 0) is 30.0 Å². The van der Waals surface area contributed by atoms with E-state index in [-0.39, 0.29) is 16.3 Å². The number of halogens is 2. The Bertz CT molecular complexity index is 626. The third-order valence-corrected chi connectivity index (χ3v) is 3.03. The lowest BCUT2D eigenvalue weighted by Crippen LogP contribution is -1.90. The van der Waals surface area contributed by atoms with Gasteiger partial charge in [-0.1, -0.05) is 23.6 Å². The van der Waals surface area contributed by atoms with E-state index in [2.05, 4.69) is 5.92 Å². The molecule has 0 atom stereocenters. The second-order valence-corrected chi connectivity index (χ2v) is 3.88. The van der Waals surface area contributed by atoms with Crippen LogP contribution in [0.1, 0.15) is 11.1 Å². The molecule has 0 aliphatic rings. The normalized spacial score (nSPS) is 10.4. The summed E-state index contributed by atoms with van der Waals surface area (Å²) in [7, 11) is 0. The molecule has 0 saturated heterocycles. The molecule has 0 bridgehead atoms. The van der Waals surface area contributed by atoms with Crippen molar-refractivity contribution in [3.63, 3.8) is 0 Å². The minimum Gasteiger partial charge on any atom is -0.506 e. The first-order valence-corrected chi connectivity index (χ1v) is 5.01. The third-order valence-electron chi connectivity index (χ3n) is 2.55. The van der Waals surface area contributed by atoms with Crippen molar-refractivity contribution in [2.45, 2.75) is 6.92 Å². The molecule has 1 N–H and O–H groups in total. The summed E-state index contributed by atoms with van der Waals surface area (Å²) in [5, 5.41) is 11.0. The van der Waals surface area contributed by atoms with Crippen LogP contribution < -0.4 is 0 Å². The average Bonchev–Trinajstić information content (AvgIpc) is 2.27. The number of benzene rings is 2. The van der Waals surface area contributed by atoms with E-state index >= 15 is 0 Å². The van der Waals surface area contributed by atoms with Gasteiger partial charge in [-0.25, -0.2) is 4.39 Å². The fourth-order valence-electron chi connectivity index (χ4n) is 1.77. The number of aromatic hydroxyl groups is 1. The molecule has 0 aliphatic heterocycles. The van der Waals surface area contributed by atoms with Gasteiger partial charge in [0.15, 0.2) is 0 Å². The number of aryl methyl sites for hydroxylation is 1.